The fourth-order valence-electron chi connectivity index (χ4n) is 1.59. The summed E-state index contributed by atoms with van der Waals surface area (Å²) in [5.41, 5.74) is 1.73. The van der Waals surface area contributed by atoms with Crippen LogP contribution in [0.25, 0.3) is 11.3 Å². The van der Waals surface area contributed by atoms with Crippen LogP contribution in [0.1, 0.15) is 5.01 Å². The Labute approximate surface area is 109 Å². The van der Waals surface area contributed by atoms with Gasteiger partial charge in [0.1, 0.15) is 16.5 Å². The SMILES string of the molecule is COc1ccc(-c2csc(CC#N)n2)c(OC)c1. The van der Waals surface area contributed by atoms with E-state index in [2.05, 4.69) is 11.1 Å². The molecule has 2 aromatic rings. The van der Waals surface area contributed by atoms with Gasteiger partial charge < -0.3 is 9.47 Å². The maximum absolute atomic E-state index is 8.64. The zero-order valence-corrected chi connectivity index (χ0v) is 11.0. The standard InChI is InChI=1S/C13H12N2O2S/c1-16-9-3-4-10(12(7-9)17-2)11-8-18-13(15-11)5-6-14/h3-4,7-8H,5H2,1-2H3. The van der Waals surface area contributed by atoms with Crippen LogP contribution in [0.5, 0.6) is 11.5 Å². The first-order valence-corrected chi connectivity index (χ1v) is 6.20. The number of rotatable bonds is 4. The van der Waals surface area contributed by atoms with Gasteiger partial charge in [0.2, 0.25) is 0 Å². The second-order valence-corrected chi connectivity index (χ2v) is 4.47. The van der Waals surface area contributed by atoms with Crippen molar-refractivity contribution in [3.05, 3.63) is 28.6 Å². The molecule has 1 aromatic carbocycles. The third-order valence-corrected chi connectivity index (χ3v) is 3.32. The summed E-state index contributed by atoms with van der Waals surface area (Å²) < 4.78 is 10.5. The van der Waals surface area contributed by atoms with Crippen molar-refractivity contribution < 1.29 is 9.47 Å². The van der Waals surface area contributed by atoms with Gasteiger partial charge in [0.05, 0.1) is 32.4 Å². The van der Waals surface area contributed by atoms with Gasteiger partial charge >= 0.3 is 0 Å². The van der Waals surface area contributed by atoms with Gasteiger partial charge in [-0.2, -0.15) is 5.26 Å². The molecule has 0 amide bonds. The third kappa shape index (κ3) is 2.44. The zero-order chi connectivity index (χ0) is 13.0. The van der Waals surface area contributed by atoms with Crippen LogP contribution in [-0.4, -0.2) is 19.2 Å². The minimum absolute atomic E-state index is 0.336. The molecule has 0 aliphatic carbocycles. The van der Waals surface area contributed by atoms with Gasteiger partial charge in [-0.05, 0) is 12.1 Å². The van der Waals surface area contributed by atoms with E-state index in [1.54, 1.807) is 14.2 Å². The normalized spacial score (nSPS) is 9.83. The van der Waals surface area contributed by atoms with Crippen molar-refractivity contribution in [1.29, 1.82) is 5.26 Å². The van der Waals surface area contributed by atoms with Crippen LogP contribution in [0.3, 0.4) is 0 Å². The highest BCUT2D eigenvalue weighted by molar-refractivity contribution is 7.10. The monoisotopic (exact) mass is 260 g/mol. The molecule has 0 aliphatic heterocycles. The molecule has 18 heavy (non-hydrogen) atoms. The van der Waals surface area contributed by atoms with Crippen LogP contribution in [0.2, 0.25) is 0 Å². The molecule has 0 unspecified atom stereocenters. The lowest BCUT2D eigenvalue weighted by Gasteiger charge is -2.08. The molecule has 2 rings (SSSR count). The minimum Gasteiger partial charge on any atom is -0.497 e. The predicted molar refractivity (Wildman–Crippen MR) is 70.0 cm³/mol. The van der Waals surface area contributed by atoms with Crippen molar-refractivity contribution in [3.63, 3.8) is 0 Å². The number of nitrogens with zero attached hydrogens (tertiary/aromatic N) is 2. The summed E-state index contributed by atoms with van der Waals surface area (Å²) in [7, 11) is 3.23. The number of methoxy groups -OCH3 is 2. The maximum atomic E-state index is 8.64. The van der Waals surface area contributed by atoms with Gasteiger partial charge in [0.15, 0.2) is 0 Å². The van der Waals surface area contributed by atoms with E-state index in [0.717, 1.165) is 22.0 Å². The second-order valence-electron chi connectivity index (χ2n) is 3.53. The fraction of sp³-hybridized carbons (Fsp3) is 0.231. The number of nitriles is 1. The van der Waals surface area contributed by atoms with Crippen molar-refractivity contribution in [2.75, 3.05) is 14.2 Å². The molecule has 0 aliphatic rings. The number of aromatic nitrogens is 1. The third-order valence-electron chi connectivity index (χ3n) is 2.47. The van der Waals surface area contributed by atoms with Crippen molar-refractivity contribution in [2.45, 2.75) is 6.42 Å². The van der Waals surface area contributed by atoms with Gasteiger partial charge in [0, 0.05) is 17.0 Å². The highest BCUT2D eigenvalue weighted by Crippen LogP contribution is 2.33. The summed E-state index contributed by atoms with van der Waals surface area (Å²) in [5, 5.41) is 11.4. The highest BCUT2D eigenvalue weighted by atomic mass is 32.1. The van der Waals surface area contributed by atoms with Crippen LogP contribution < -0.4 is 9.47 Å². The lowest BCUT2D eigenvalue weighted by Crippen LogP contribution is -1.91. The van der Waals surface area contributed by atoms with Crippen molar-refractivity contribution in [1.82, 2.24) is 4.98 Å². The van der Waals surface area contributed by atoms with Crippen LogP contribution in [-0.2, 0) is 6.42 Å². The molecule has 0 fully saturated rings. The Balaban J connectivity index is 2.40. The molecule has 0 atom stereocenters. The molecule has 1 aromatic heterocycles. The van der Waals surface area contributed by atoms with E-state index < -0.39 is 0 Å². The Morgan fingerprint density at radius 3 is 2.83 bits per heavy atom. The molecule has 0 radical (unpaired) electrons. The van der Waals surface area contributed by atoms with Gasteiger partial charge in [-0.25, -0.2) is 4.98 Å². The molecule has 1 heterocycles. The molecule has 5 heteroatoms. The Morgan fingerprint density at radius 2 is 2.17 bits per heavy atom. The number of ether oxygens (including phenoxy) is 2. The first-order valence-electron chi connectivity index (χ1n) is 5.32. The first kappa shape index (κ1) is 12.4. The molecular weight excluding hydrogens is 248 g/mol. The van der Waals surface area contributed by atoms with Gasteiger partial charge in [-0.3, -0.25) is 0 Å². The maximum Gasteiger partial charge on any atom is 0.131 e. The quantitative estimate of drug-likeness (QED) is 0.848. The van der Waals surface area contributed by atoms with E-state index in [-0.39, 0.29) is 0 Å². The lowest BCUT2D eigenvalue weighted by molar-refractivity contribution is 0.395. The summed E-state index contributed by atoms with van der Waals surface area (Å²) >= 11 is 1.48. The highest BCUT2D eigenvalue weighted by Gasteiger charge is 2.11. The molecule has 0 N–H and O–H groups in total. The Bertz CT molecular complexity index is 587. The molecule has 92 valence electrons. The smallest absolute Gasteiger partial charge is 0.131 e. The van der Waals surface area contributed by atoms with E-state index in [1.165, 1.54) is 11.3 Å². The molecule has 0 saturated carbocycles. The van der Waals surface area contributed by atoms with E-state index in [4.69, 9.17) is 14.7 Å². The first-order chi connectivity index (χ1) is 8.78. The van der Waals surface area contributed by atoms with Crippen molar-refractivity contribution >= 4 is 11.3 Å². The zero-order valence-electron chi connectivity index (χ0n) is 10.1. The number of hydrogen-bond donors (Lipinski definition) is 0. The topological polar surface area (TPSA) is 55.1 Å². The number of hydrogen-bond acceptors (Lipinski definition) is 5. The van der Waals surface area contributed by atoms with E-state index in [9.17, 15) is 0 Å². The predicted octanol–water partition coefficient (Wildman–Crippen LogP) is 2.89. The average molecular weight is 260 g/mol. The average Bonchev–Trinajstić information content (AvgIpc) is 2.87. The van der Waals surface area contributed by atoms with Crippen LogP contribution in [0, 0.1) is 11.3 Å². The van der Waals surface area contributed by atoms with Crippen LogP contribution in [0.15, 0.2) is 23.6 Å². The summed E-state index contributed by atoms with van der Waals surface area (Å²) in [6.07, 6.45) is 0.336. The molecule has 0 bridgehead atoms. The Kier molecular flexibility index (Phi) is 3.80. The second kappa shape index (κ2) is 5.52. The van der Waals surface area contributed by atoms with Gasteiger partial charge in [-0.15, -0.1) is 11.3 Å². The summed E-state index contributed by atoms with van der Waals surface area (Å²) in [6, 6.07) is 7.68. The molecular formula is C13H12N2O2S. The van der Waals surface area contributed by atoms with E-state index in [0.29, 0.717) is 12.2 Å². The largest absolute Gasteiger partial charge is 0.497 e. The van der Waals surface area contributed by atoms with E-state index in [1.807, 2.05) is 23.6 Å². The lowest BCUT2D eigenvalue weighted by atomic mass is 10.1. The van der Waals surface area contributed by atoms with Crippen molar-refractivity contribution in [2.24, 2.45) is 0 Å². The van der Waals surface area contributed by atoms with Gasteiger partial charge in [0.25, 0.3) is 0 Å². The molecule has 0 saturated heterocycles. The van der Waals surface area contributed by atoms with Crippen LogP contribution >= 0.6 is 11.3 Å². The van der Waals surface area contributed by atoms with Gasteiger partial charge in [-0.1, -0.05) is 0 Å². The fourth-order valence-corrected chi connectivity index (χ4v) is 2.32. The number of thiazole rings is 1. The summed E-state index contributed by atoms with van der Waals surface area (Å²) in [5.74, 6) is 1.45. The molecule has 4 nitrogen and oxygen atoms in total. The minimum atomic E-state index is 0.336. The Morgan fingerprint density at radius 1 is 1.33 bits per heavy atom. The van der Waals surface area contributed by atoms with Crippen LogP contribution in [0.4, 0.5) is 0 Å². The summed E-state index contributed by atoms with van der Waals surface area (Å²) in [4.78, 5) is 4.41. The summed E-state index contributed by atoms with van der Waals surface area (Å²) in [6.45, 7) is 0. The number of benzene rings is 1. The molecule has 0 spiro atoms. The Hall–Kier alpha value is -2.06. The van der Waals surface area contributed by atoms with Crippen molar-refractivity contribution in [3.8, 4) is 28.8 Å². The van der Waals surface area contributed by atoms with E-state index >= 15 is 0 Å².